The molecular weight excluding hydrogens is 194 g/mol. The van der Waals surface area contributed by atoms with Crippen LogP contribution in [0.4, 0.5) is 0 Å². The van der Waals surface area contributed by atoms with Gasteiger partial charge in [0.1, 0.15) is 0 Å². The number of likely N-dealkylation sites (N-methyl/N-ethyl adjacent to an activating group) is 1. The predicted octanol–water partition coefficient (Wildman–Crippen LogP) is 2.90. The second kappa shape index (κ2) is 3.56. The summed E-state index contributed by atoms with van der Waals surface area (Å²) in [4.78, 5) is 0. The molecule has 2 heteroatoms. The number of hydrogen-bond donors (Lipinski definition) is 1. The van der Waals surface area contributed by atoms with E-state index in [1.165, 1.54) is 24.0 Å². The summed E-state index contributed by atoms with van der Waals surface area (Å²) >= 11 is 6.26. The van der Waals surface area contributed by atoms with Crippen LogP contribution >= 0.6 is 11.6 Å². The Morgan fingerprint density at radius 1 is 1.43 bits per heavy atom. The van der Waals surface area contributed by atoms with Crippen LogP contribution in [0.2, 0.25) is 5.02 Å². The fourth-order valence-corrected chi connectivity index (χ4v) is 2.52. The molecule has 0 bridgehead atoms. The highest BCUT2D eigenvalue weighted by atomic mass is 35.5. The van der Waals surface area contributed by atoms with E-state index < -0.39 is 0 Å². The molecule has 0 atom stereocenters. The number of nitrogens with one attached hydrogen (secondary N) is 1. The molecule has 1 N–H and O–H groups in total. The molecule has 0 aliphatic heterocycles. The SMILES string of the molecule is CNCC1(c2ccc(C)cc2Cl)CC1. The Morgan fingerprint density at radius 2 is 2.14 bits per heavy atom. The quantitative estimate of drug-likeness (QED) is 0.808. The van der Waals surface area contributed by atoms with E-state index in [4.69, 9.17) is 11.6 Å². The smallest absolute Gasteiger partial charge is 0.0446 e. The minimum absolute atomic E-state index is 0.333. The van der Waals surface area contributed by atoms with Crippen LogP contribution in [0.1, 0.15) is 24.0 Å². The van der Waals surface area contributed by atoms with Gasteiger partial charge in [0.25, 0.3) is 0 Å². The molecule has 2 rings (SSSR count). The summed E-state index contributed by atoms with van der Waals surface area (Å²) in [7, 11) is 2.00. The van der Waals surface area contributed by atoms with Crippen molar-refractivity contribution in [2.45, 2.75) is 25.2 Å². The summed E-state index contributed by atoms with van der Waals surface area (Å²) in [6.07, 6.45) is 2.52. The number of rotatable bonds is 3. The molecule has 0 heterocycles. The first-order chi connectivity index (χ1) is 6.68. The lowest BCUT2D eigenvalue weighted by atomic mass is 9.95. The standard InChI is InChI=1S/C12H16ClN/c1-9-3-4-10(11(13)7-9)12(5-6-12)8-14-2/h3-4,7,14H,5-6,8H2,1-2H3. The van der Waals surface area contributed by atoms with Gasteiger partial charge >= 0.3 is 0 Å². The average molecular weight is 210 g/mol. The molecule has 1 aliphatic carbocycles. The Morgan fingerprint density at radius 3 is 2.64 bits per heavy atom. The molecule has 0 aromatic heterocycles. The Balaban J connectivity index is 2.32. The molecule has 1 fully saturated rings. The van der Waals surface area contributed by atoms with E-state index in [9.17, 15) is 0 Å². The lowest BCUT2D eigenvalue weighted by Gasteiger charge is -2.16. The van der Waals surface area contributed by atoms with Gasteiger partial charge in [0, 0.05) is 17.0 Å². The van der Waals surface area contributed by atoms with Crippen molar-refractivity contribution >= 4 is 11.6 Å². The summed E-state index contributed by atoms with van der Waals surface area (Å²) in [6.45, 7) is 3.11. The van der Waals surface area contributed by atoms with Crippen LogP contribution in [0.15, 0.2) is 18.2 Å². The van der Waals surface area contributed by atoms with E-state index in [-0.39, 0.29) is 0 Å². The van der Waals surface area contributed by atoms with Crippen LogP contribution in [-0.4, -0.2) is 13.6 Å². The molecule has 0 spiro atoms. The van der Waals surface area contributed by atoms with Crippen molar-refractivity contribution < 1.29 is 0 Å². The summed E-state index contributed by atoms with van der Waals surface area (Å²) in [6, 6.07) is 6.39. The highest BCUT2D eigenvalue weighted by Crippen LogP contribution is 2.49. The third-order valence-electron chi connectivity index (χ3n) is 3.06. The number of aryl methyl sites for hydroxylation is 1. The number of benzene rings is 1. The average Bonchev–Trinajstić information content (AvgIpc) is 2.86. The highest BCUT2D eigenvalue weighted by molar-refractivity contribution is 6.31. The van der Waals surface area contributed by atoms with Crippen molar-refractivity contribution in [3.63, 3.8) is 0 Å². The maximum absolute atomic E-state index is 6.26. The highest BCUT2D eigenvalue weighted by Gasteiger charge is 2.44. The van der Waals surface area contributed by atoms with Gasteiger partial charge in [0.05, 0.1) is 0 Å². The monoisotopic (exact) mass is 209 g/mol. The van der Waals surface area contributed by atoms with Crippen molar-refractivity contribution in [1.29, 1.82) is 0 Å². The second-order valence-corrected chi connectivity index (χ2v) is 4.70. The maximum atomic E-state index is 6.26. The van der Waals surface area contributed by atoms with Crippen molar-refractivity contribution in [2.24, 2.45) is 0 Å². The Kier molecular flexibility index (Phi) is 2.54. The van der Waals surface area contributed by atoms with Gasteiger partial charge in [-0.1, -0.05) is 23.7 Å². The van der Waals surface area contributed by atoms with E-state index in [1.54, 1.807) is 0 Å². The van der Waals surface area contributed by atoms with E-state index in [0.717, 1.165) is 11.6 Å². The van der Waals surface area contributed by atoms with Gasteiger partial charge in [0.15, 0.2) is 0 Å². The summed E-state index contributed by atoms with van der Waals surface area (Å²) in [5.41, 5.74) is 2.89. The van der Waals surface area contributed by atoms with Gasteiger partial charge in [0.2, 0.25) is 0 Å². The number of hydrogen-bond acceptors (Lipinski definition) is 1. The minimum Gasteiger partial charge on any atom is -0.319 e. The Bertz CT molecular complexity index is 342. The van der Waals surface area contributed by atoms with E-state index >= 15 is 0 Å². The van der Waals surface area contributed by atoms with Crippen LogP contribution in [0.3, 0.4) is 0 Å². The molecule has 1 saturated carbocycles. The van der Waals surface area contributed by atoms with Crippen LogP contribution in [-0.2, 0) is 5.41 Å². The van der Waals surface area contributed by atoms with Crippen LogP contribution in [0, 0.1) is 6.92 Å². The zero-order valence-corrected chi connectivity index (χ0v) is 9.49. The molecular formula is C12H16ClN. The van der Waals surface area contributed by atoms with Gasteiger partial charge in [-0.05, 0) is 44.0 Å². The molecule has 0 radical (unpaired) electrons. The van der Waals surface area contributed by atoms with E-state index in [2.05, 4.69) is 30.4 Å². The summed E-state index contributed by atoms with van der Waals surface area (Å²) < 4.78 is 0. The van der Waals surface area contributed by atoms with Gasteiger partial charge in [-0.15, -0.1) is 0 Å². The topological polar surface area (TPSA) is 12.0 Å². The van der Waals surface area contributed by atoms with Gasteiger partial charge < -0.3 is 5.32 Å². The summed E-state index contributed by atoms with van der Waals surface area (Å²) in [5.74, 6) is 0. The largest absolute Gasteiger partial charge is 0.319 e. The van der Waals surface area contributed by atoms with Crippen LogP contribution in [0.25, 0.3) is 0 Å². The Hall–Kier alpha value is -0.530. The zero-order chi connectivity index (χ0) is 10.2. The third kappa shape index (κ3) is 1.67. The van der Waals surface area contributed by atoms with Crippen molar-refractivity contribution in [3.8, 4) is 0 Å². The van der Waals surface area contributed by atoms with Crippen LogP contribution < -0.4 is 5.32 Å². The van der Waals surface area contributed by atoms with Crippen LogP contribution in [0.5, 0.6) is 0 Å². The second-order valence-electron chi connectivity index (χ2n) is 4.29. The first kappa shape index (κ1) is 10.0. The minimum atomic E-state index is 0.333. The molecule has 76 valence electrons. The molecule has 0 amide bonds. The fourth-order valence-electron chi connectivity index (χ4n) is 2.08. The Labute approximate surface area is 90.5 Å². The molecule has 14 heavy (non-hydrogen) atoms. The number of halogens is 1. The molecule has 1 aromatic carbocycles. The molecule has 1 aromatic rings. The first-order valence-electron chi connectivity index (χ1n) is 5.09. The summed E-state index contributed by atoms with van der Waals surface area (Å²) in [5, 5.41) is 4.18. The van der Waals surface area contributed by atoms with E-state index in [1.807, 2.05) is 7.05 Å². The molecule has 1 nitrogen and oxygen atoms in total. The lowest BCUT2D eigenvalue weighted by Crippen LogP contribution is -2.23. The molecule has 0 saturated heterocycles. The molecule has 1 aliphatic rings. The predicted molar refractivity (Wildman–Crippen MR) is 61.0 cm³/mol. The fraction of sp³-hybridized carbons (Fsp3) is 0.500. The normalized spacial score (nSPS) is 18.2. The molecule has 0 unspecified atom stereocenters. The maximum Gasteiger partial charge on any atom is 0.0446 e. The third-order valence-corrected chi connectivity index (χ3v) is 3.38. The van der Waals surface area contributed by atoms with Gasteiger partial charge in [-0.3, -0.25) is 0 Å². The first-order valence-corrected chi connectivity index (χ1v) is 5.47. The van der Waals surface area contributed by atoms with Gasteiger partial charge in [-0.25, -0.2) is 0 Å². The van der Waals surface area contributed by atoms with Gasteiger partial charge in [-0.2, -0.15) is 0 Å². The van der Waals surface area contributed by atoms with Crippen molar-refractivity contribution in [2.75, 3.05) is 13.6 Å². The van der Waals surface area contributed by atoms with Crippen molar-refractivity contribution in [1.82, 2.24) is 5.32 Å². The van der Waals surface area contributed by atoms with Crippen molar-refractivity contribution in [3.05, 3.63) is 34.3 Å². The zero-order valence-electron chi connectivity index (χ0n) is 8.73. The van der Waals surface area contributed by atoms with E-state index in [0.29, 0.717) is 5.41 Å². The lowest BCUT2D eigenvalue weighted by molar-refractivity contribution is 0.624.